The van der Waals surface area contributed by atoms with Crippen molar-refractivity contribution in [1.82, 2.24) is 14.9 Å². The van der Waals surface area contributed by atoms with Crippen molar-refractivity contribution in [2.75, 3.05) is 5.32 Å². The Kier molecular flexibility index (Phi) is 5.54. The summed E-state index contributed by atoms with van der Waals surface area (Å²) in [7, 11) is -3.95. The van der Waals surface area contributed by atoms with Crippen LogP contribution in [0.2, 0.25) is 0 Å². The Morgan fingerprint density at radius 1 is 1.16 bits per heavy atom. The fourth-order valence-electron chi connectivity index (χ4n) is 3.47. The molecule has 8 nitrogen and oxygen atoms in total. The Bertz CT molecular complexity index is 1240. The highest BCUT2D eigenvalue weighted by Crippen LogP contribution is 2.40. The zero-order valence-corrected chi connectivity index (χ0v) is 18.9. The van der Waals surface area contributed by atoms with E-state index in [1.54, 1.807) is 18.2 Å². The molecule has 0 radical (unpaired) electrons. The van der Waals surface area contributed by atoms with Crippen molar-refractivity contribution in [2.24, 2.45) is 0 Å². The van der Waals surface area contributed by atoms with Gasteiger partial charge >= 0.3 is 0 Å². The number of aryl methyl sites for hydroxylation is 1. The molecule has 10 heteroatoms. The smallest absolute Gasteiger partial charge is 0.270 e. The van der Waals surface area contributed by atoms with Crippen LogP contribution in [0.3, 0.4) is 0 Å². The molecule has 0 fully saturated rings. The number of sulfonamides is 1. The van der Waals surface area contributed by atoms with Crippen LogP contribution in [-0.2, 0) is 10.0 Å². The highest BCUT2D eigenvalue weighted by Gasteiger charge is 2.36. The molecule has 0 saturated carbocycles. The monoisotopic (exact) mass is 458 g/mol. The average molecular weight is 459 g/mol. The predicted molar refractivity (Wildman–Crippen MR) is 118 cm³/mol. The standard InChI is InChI=1S/C21H22N4O4S2/c1-13-7-6-8-14(11-13)18(26)22-19-23-24-20(30-19)31(27,28)25-16-12-21(2,3)29-17-10-5-4-9-15(16)17/h4-11,16,25H,12H2,1-3H3,(H,22,23,26)/t16-/m0/s1. The summed E-state index contributed by atoms with van der Waals surface area (Å²) in [4.78, 5) is 12.4. The maximum atomic E-state index is 13.0. The lowest BCUT2D eigenvalue weighted by Crippen LogP contribution is -2.41. The van der Waals surface area contributed by atoms with Gasteiger partial charge in [0, 0.05) is 17.5 Å². The van der Waals surface area contributed by atoms with E-state index in [0.717, 1.165) is 22.5 Å². The van der Waals surface area contributed by atoms with E-state index in [1.165, 1.54) is 0 Å². The van der Waals surface area contributed by atoms with Gasteiger partial charge in [0.05, 0.1) is 6.04 Å². The Labute approximate surface area is 184 Å². The van der Waals surface area contributed by atoms with Gasteiger partial charge in [0.15, 0.2) is 0 Å². The van der Waals surface area contributed by atoms with Crippen LogP contribution >= 0.6 is 11.3 Å². The molecule has 2 aromatic carbocycles. The molecule has 0 unspecified atom stereocenters. The quantitative estimate of drug-likeness (QED) is 0.565. The van der Waals surface area contributed by atoms with Crippen molar-refractivity contribution in [1.29, 1.82) is 0 Å². The minimum atomic E-state index is -3.95. The first-order valence-corrected chi connectivity index (χ1v) is 11.9. The number of hydrogen-bond acceptors (Lipinski definition) is 7. The zero-order chi connectivity index (χ0) is 22.2. The molecule has 1 aliphatic rings. The molecule has 1 aromatic heterocycles. The maximum Gasteiger partial charge on any atom is 0.270 e. The predicted octanol–water partition coefficient (Wildman–Crippen LogP) is 3.68. The lowest BCUT2D eigenvalue weighted by Gasteiger charge is -2.37. The van der Waals surface area contributed by atoms with E-state index in [4.69, 9.17) is 4.74 Å². The Morgan fingerprint density at radius 2 is 1.94 bits per heavy atom. The van der Waals surface area contributed by atoms with Crippen molar-refractivity contribution < 1.29 is 17.9 Å². The molecule has 31 heavy (non-hydrogen) atoms. The van der Waals surface area contributed by atoms with E-state index < -0.39 is 21.7 Å². The lowest BCUT2D eigenvalue weighted by molar-refractivity contribution is 0.0702. The number of anilines is 1. The number of rotatable bonds is 5. The number of nitrogens with zero attached hydrogens (tertiary/aromatic N) is 2. The summed E-state index contributed by atoms with van der Waals surface area (Å²) in [6.45, 7) is 5.70. The van der Waals surface area contributed by atoms with Crippen LogP contribution in [0.4, 0.5) is 5.13 Å². The zero-order valence-electron chi connectivity index (χ0n) is 17.2. The van der Waals surface area contributed by atoms with Gasteiger partial charge in [-0.2, -0.15) is 0 Å². The van der Waals surface area contributed by atoms with Gasteiger partial charge in [-0.1, -0.05) is 47.2 Å². The summed E-state index contributed by atoms with van der Waals surface area (Å²) in [5, 5.41) is 10.3. The molecule has 0 saturated heterocycles. The summed E-state index contributed by atoms with van der Waals surface area (Å²) in [5.74, 6) is 0.270. The molecule has 2 heterocycles. The number of amides is 1. The molecule has 2 N–H and O–H groups in total. The molecule has 0 aliphatic carbocycles. The van der Waals surface area contributed by atoms with Crippen LogP contribution in [0.15, 0.2) is 52.9 Å². The Hall–Kier alpha value is -2.82. The number of ether oxygens (including phenoxy) is 1. The molecule has 0 bridgehead atoms. The largest absolute Gasteiger partial charge is 0.487 e. The molecular weight excluding hydrogens is 436 g/mol. The Balaban J connectivity index is 1.53. The van der Waals surface area contributed by atoms with Gasteiger partial charge < -0.3 is 4.74 Å². The van der Waals surface area contributed by atoms with Crippen LogP contribution in [0, 0.1) is 6.92 Å². The number of benzene rings is 2. The number of nitrogens with one attached hydrogen (secondary N) is 2. The Morgan fingerprint density at radius 3 is 2.71 bits per heavy atom. The molecule has 1 atom stereocenters. The summed E-state index contributed by atoms with van der Waals surface area (Å²) >= 11 is 0.801. The van der Waals surface area contributed by atoms with Crippen LogP contribution in [-0.4, -0.2) is 30.1 Å². The summed E-state index contributed by atoms with van der Waals surface area (Å²) in [6.07, 6.45) is 0.457. The fourth-order valence-corrected chi connectivity index (χ4v) is 5.60. The summed E-state index contributed by atoms with van der Waals surface area (Å²) in [5.41, 5.74) is 1.63. The van der Waals surface area contributed by atoms with Gasteiger partial charge in [-0.3, -0.25) is 10.1 Å². The maximum absolute atomic E-state index is 13.0. The lowest BCUT2D eigenvalue weighted by atomic mass is 9.90. The molecule has 4 rings (SSSR count). The van der Waals surface area contributed by atoms with Crippen molar-refractivity contribution in [3.05, 3.63) is 65.2 Å². The van der Waals surface area contributed by atoms with Gasteiger partial charge in [0.25, 0.3) is 15.9 Å². The van der Waals surface area contributed by atoms with Crippen LogP contribution < -0.4 is 14.8 Å². The molecule has 3 aromatic rings. The number of fused-ring (bicyclic) bond motifs is 1. The second-order valence-corrected chi connectivity index (χ2v) is 10.8. The van der Waals surface area contributed by atoms with Gasteiger partial charge in [0.2, 0.25) is 9.47 Å². The average Bonchev–Trinajstić information content (AvgIpc) is 3.16. The molecular formula is C21H22N4O4S2. The van der Waals surface area contributed by atoms with Crippen molar-refractivity contribution in [3.8, 4) is 5.75 Å². The minimum absolute atomic E-state index is 0.111. The van der Waals surface area contributed by atoms with E-state index in [0.29, 0.717) is 17.7 Å². The first-order valence-electron chi connectivity index (χ1n) is 9.65. The normalized spacial score (nSPS) is 17.5. The highest BCUT2D eigenvalue weighted by atomic mass is 32.2. The number of carbonyl (C=O) groups excluding carboxylic acids is 1. The van der Waals surface area contributed by atoms with Crippen molar-refractivity contribution in [3.63, 3.8) is 0 Å². The third kappa shape index (κ3) is 4.76. The van der Waals surface area contributed by atoms with E-state index in [9.17, 15) is 13.2 Å². The second-order valence-electron chi connectivity index (χ2n) is 7.97. The first-order chi connectivity index (χ1) is 14.6. The summed E-state index contributed by atoms with van der Waals surface area (Å²) in [6, 6.07) is 13.9. The third-order valence-corrected chi connectivity index (χ3v) is 7.49. The second kappa shape index (κ2) is 8.03. The topological polar surface area (TPSA) is 110 Å². The highest BCUT2D eigenvalue weighted by molar-refractivity contribution is 7.91. The van der Waals surface area contributed by atoms with E-state index in [-0.39, 0.29) is 15.4 Å². The molecule has 1 aliphatic heterocycles. The van der Waals surface area contributed by atoms with E-state index in [2.05, 4.69) is 20.2 Å². The van der Waals surface area contributed by atoms with Gasteiger partial charge in [-0.05, 0) is 39.0 Å². The van der Waals surface area contributed by atoms with Gasteiger partial charge in [-0.15, -0.1) is 10.2 Å². The number of hydrogen-bond donors (Lipinski definition) is 2. The number of carbonyl (C=O) groups is 1. The SMILES string of the molecule is Cc1cccc(C(=O)Nc2nnc(S(=O)(=O)N[C@H]3CC(C)(C)Oc4ccccc43)s2)c1. The molecule has 162 valence electrons. The minimum Gasteiger partial charge on any atom is -0.487 e. The summed E-state index contributed by atoms with van der Waals surface area (Å²) < 4.78 is 34.4. The number of para-hydroxylation sites is 1. The van der Waals surface area contributed by atoms with Crippen LogP contribution in [0.25, 0.3) is 0 Å². The van der Waals surface area contributed by atoms with Crippen molar-refractivity contribution >= 4 is 32.4 Å². The van der Waals surface area contributed by atoms with E-state index in [1.807, 2.05) is 51.1 Å². The molecule has 0 spiro atoms. The van der Waals surface area contributed by atoms with Crippen LogP contribution in [0.1, 0.15) is 47.8 Å². The van der Waals surface area contributed by atoms with Crippen LogP contribution in [0.5, 0.6) is 5.75 Å². The third-order valence-electron chi connectivity index (χ3n) is 4.81. The first kappa shape index (κ1) is 21.4. The fraction of sp³-hybridized carbons (Fsp3) is 0.286. The van der Waals surface area contributed by atoms with Gasteiger partial charge in [0.1, 0.15) is 11.4 Å². The van der Waals surface area contributed by atoms with Crippen molar-refractivity contribution in [2.45, 2.75) is 43.2 Å². The van der Waals surface area contributed by atoms with Gasteiger partial charge in [-0.25, -0.2) is 13.1 Å². The number of aromatic nitrogens is 2. The molecule has 1 amide bonds. The van der Waals surface area contributed by atoms with E-state index >= 15 is 0 Å².